The lowest BCUT2D eigenvalue weighted by Crippen LogP contribution is -2.39. The molecule has 0 radical (unpaired) electrons. The van der Waals surface area contributed by atoms with Crippen molar-refractivity contribution in [2.75, 3.05) is 33.2 Å². The predicted molar refractivity (Wildman–Crippen MR) is 61.4 cm³/mol. The molecule has 0 bridgehead atoms. The van der Waals surface area contributed by atoms with Crippen LogP contribution in [0.3, 0.4) is 0 Å². The Bertz CT molecular complexity index is 239. The van der Waals surface area contributed by atoms with Crippen molar-refractivity contribution >= 4 is 6.09 Å². The lowest BCUT2D eigenvalue weighted by atomic mass is 10.1. The van der Waals surface area contributed by atoms with Crippen LogP contribution in [0.2, 0.25) is 0 Å². The standard InChI is InChI=1S/C11H21N3O2/c1-14(8-10-7-13-11(15)16-10)9-3-2-5-12-6-4-9/h9-10,12H,2-8H2,1H3,(H,13,15). The van der Waals surface area contributed by atoms with Crippen LogP contribution in [0.1, 0.15) is 19.3 Å². The van der Waals surface area contributed by atoms with E-state index in [9.17, 15) is 4.79 Å². The number of hydrogen-bond donors (Lipinski definition) is 2. The molecule has 16 heavy (non-hydrogen) atoms. The van der Waals surface area contributed by atoms with Gasteiger partial charge >= 0.3 is 6.09 Å². The van der Waals surface area contributed by atoms with E-state index in [4.69, 9.17) is 4.74 Å². The third kappa shape index (κ3) is 3.09. The van der Waals surface area contributed by atoms with E-state index in [0.29, 0.717) is 12.6 Å². The van der Waals surface area contributed by atoms with E-state index in [-0.39, 0.29) is 12.2 Å². The van der Waals surface area contributed by atoms with E-state index in [2.05, 4.69) is 22.6 Å². The summed E-state index contributed by atoms with van der Waals surface area (Å²) in [4.78, 5) is 13.2. The highest BCUT2D eigenvalue weighted by Crippen LogP contribution is 2.13. The largest absolute Gasteiger partial charge is 0.443 e. The van der Waals surface area contributed by atoms with Crippen molar-refractivity contribution in [3.8, 4) is 0 Å². The van der Waals surface area contributed by atoms with Crippen LogP contribution < -0.4 is 10.6 Å². The third-order valence-corrected chi connectivity index (χ3v) is 3.41. The third-order valence-electron chi connectivity index (χ3n) is 3.41. The first-order valence-corrected chi connectivity index (χ1v) is 6.11. The molecule has 2 rings (SSSR count). The Kier molecular flexibility index (Phi) is 4.01. The lowest BCUT2D eigenvalue weighted by Gasteiger charge is -2.28. The molecule has 0 aliphatic carbocycles. The molecule has 2 saturated heterocycles. The Morgan fingerprint density at radius 3 is 3.06 bits per heavy atom. The fourth-order valence-electron chi connectivity index (χ4n) is 2.45. The van der Waals surface area contributed by atoms with Gasteiger partial charge in [-0.3, -0.25) is 4.90 Å². The van der Waals surface area contributed by atoms with Gasteiger partial charge in [0, 0.05) is 12.6 Å². The number of nitrogens with one attached hydrogen (secondary N) is 2. The average molecular weight is 227 g/mol. The molecular formula is C11H21N3O2. The minimum Gasteiger partial charge on any atom is -0.443 e. The van der Waals surface area contributed by atoms with Crippen molar-refractivity contribution in [3.63, 3.8) is 0 Å². The molecule has 5 nitrogen and oxygen atoms in total. The summed E-state index contributed by atoms with van der Waals surface area (Å²) < 4.78 is 5.15. The topological polar surface area (TPSA) is 53.6 Å². The first kappa shape index (κ1) is 11.7. The first-order chi connectivity index (χ1) is 7.75. The molecule has 2 unspecified atom stereocenters. The van der Waals surface area contributed by atoms with E-state index in [0.717, 1.165) is 19.6 Å². The normalized spacial score (nSPS) is 31.0. The predicted octanol–water partition coefficient (Wildman–Crippen LogP) is 0.169. The van der Waals surface area contributed by atoms with Crippen LogP contribution >= 0.6 is 0 Å². The highest BCUT2D eigenvalue weighted by Gasteiger charge is 2.26. The van der Waals surface area contributed by atoms with Crippen molar-refractivity contribution in [2.24, 2.45) is 0 Å². The minimum atomic E-state index is -0.277. The second-order valence-electron chi connectivity index (χ2n) is 4.68. The maximum Gasteiger partial charge on any atom is 0.407 e. The van der Waals surface area contributed by atoms with Crippen LogP contribution in [0.15, 0.2) is 0 Å². The Labute approximate surface area is 96.5 Å². The van der Waals surface area contributed by atoms with Gasteiger partial charge in [-0.2, -0.15) is 0 Å². The second-order valence-corrected chi connectivity index (χ2v) is 4.68. The van der Waals surface area contributed by atoms with Crippen molar-refractivity contribution < 1.29 is 9.53 Å². The molecule has 2 N–H and O–H groups in total. The summed E-state index contributed by atoms with van der Waals surface area (Å²) in [5.74, 6) is 0. The number of hydrogen-bond acceptors (Lipinski definition) is 4. The number of cyclic esters (lactones) is 1. The van der Waals surface area contributed by atoms with Gasteiger partial charge in [0.05, 0.1) is 6.54 Å². The van der Waals surface area contributed by atoms with Gasteiger partial charge in [0.15, 0.2) is 0 Å². The van der Waals surface area contributed by atoms with Crippen LogP contribution in [0.5, 0.6) is 0 Å². The minimum absolute atomic E-state index is 0.0220. The van der Waals surface area contributed by atoms with Gasteiger partial charge in [-0.1, -0.05) is 0 Å². The zero-order valence-corrected chi connectivity index (χ0v) is 9.87. The van der Waals surface area contributed by atoms with Crippen LogP contribution in [-0.2, 0) is 4.74 Å². The van der Waals surface area contributed by atoms with Gasteiger partial charge in [0.2, 0.25) is 0 Å². The Morgan fingerprint density at radius 2 is 2.31 bits per heavy atom. The lowest BCUT2D eigenvalue weighted by molar-refractivity contribution is 0.0994. The van der Waals surface area contributed by atoms with Gasteiger partial charge in [-0.05, 0) is 39.4 Å². The summed E-state index contributed by atoms with van der Waals surface area (Å²) in [7, 11) is 2.13. The molecule has 5 heteroatoms. The van der Waals surface area contributed by atoms with Gasteiger partial charge in [0.1, 0.15) is 6.10 Å². The average Bonchev–Trinajstić information content (AvgIpc) is 2.56. The van der Waals surface area contributed by atoms with Gasteiger partial charge < -0.3 is 15.4 Å². The molecule has 0 saturated carbocycles. The summed E-state index contributed by atoms with van der Waals surface area (Å²) in [5.41, 5.74) is 0. The maximum atomic E-state index is 10.9. The van der Waals surface area contributed by atoms with Crippen LogP contribution in [0.4, 0.5) is 4.79 Å². The van der Waals surface area contributed by atoms with Crippen molar-refractivity contribution in [1.29, 1.82) is 0 Å². The molecular weight excluding hydrogens is 206 g/mol. The molecule has 0 aromatic heterocycles. The Hall–Kier alpha value is -0.810. The number of ether oxygens (including phenoxy) is 1. The van der Waals surface area contributed by atoms with Crippen molar-refractivity contribution in [2.45, 2.75) is 31.4 Å². The maximum absolute atomic E-state index is 10.9. The molecule has 2 aliphatic heterocycles. The van der Waals surface area contributed by atoms with Crippen LogP contribution in [-0.4, -0.2) is 56.4 Å². The number of alkyl carbamates (subject to hydrolysis) is 1. The Balaban J connectivity index is 1.77. The van der Waals surface area contributed by atoms with E-state index >= 15 is 0 Å². The van der Waals surface area contributed by atoms with Crippen molar-refractivity contribution in [3.05, 3.63) is 0 Å². The molecule has 0 spiro atoms. The van der Waals surface area contributed by atoms with Crippen molar-refractivity contribution in [1.82, 2.24) is 15.5 Å². The van der Waals surface area contributed by atoms with E-state index < -0.39 is 0 Å². The first-order valence-electron chi connectivity index (χ1n) is 6.11. The monoisotopic (exact) mass is 227 g/mol. The molecule has 1 amide bonds. The fourth-order valence-corrected chi connectivity index (χ4v) is 2.45. The van der Waals surface area contributed by atoms with E-state index in [1.54, 1.807) is 0 Å². The smallest absolute Gasteiger partial charge is 0.407 e. The summed E-state index contributed by atoms with van der Waals surface area (Å²) >= 11 is 0. The van der Waals surface area contributed by atoms with E-state index in [1.165, 1.54) is 19.3 Å². The Morgan fingerprint density at radius 1 is 1.44 bits per heavy atom. The molecule has 0 aromatic rings. The van der Waals surface area contributed by atoms with Gasteiger partial charge in [-0.25, -0.2) is 4.79 Å². The highest BCUT2D eigenvalue weighted by atomic mass is 16.6. The fraction of sp³-hybridized carbons (Fsp3) is 0.909. The second kappa shape index (κ2) is 5.50. The molecule has 2 fully saturated rings. The number of amides is 1. The number of rotatable bonds is 3. The number of carbonyl (C=O) groups excluding carboxylic acids is 1. The van der Waals surface area contributed by atoms with Gasteiger partial charge in [0.25, 0.3) is 0 Å². The summed E-state index contributed by atoms with van der Waals surface area (Å²) in [6, 6.07) is 0.620. The number of likely N-dealkylation sites (N-methyl/N-ethyl adjacent to an activating group) is 1. The highest BCUT2D eigenvalue weighted by molar-refractivity contribution is 5.69. The van der Waals surface area contributed by atoms with Gasteiger partial charge in [-0.15, -0.1) is 0 Å². The number of nitrogens with zero attached hydrogens (tertiary/aromatic N) is 1. The van der Waals surface area contributed by atoms with Crippen LogP contribution in [0.25, 0.3) is 0 Å². The zero-order chi connectivity index (χ0) is 11.4. The molecule has 0 aromatic carbocycles. The SMILES string of the molecule is CN(CC1CNC(=O)O1)C1CCCNCC1. The molecule has 2 atom stereocenters. The van der Waals surface area contributed by atoms with E-state index in [1.807, 2.05) is 0 Å². The quantitative estimate of drug-likeness (QED) is 0.721. The molecule has 2 aliphatic rings. The molecule has 2 heterocycles. The summed E-state index contributed by atoms with van der Waals surface area (Å²) in [6.45, 7) is 3.71. The molecule has 92 valence electrons. The summed E-state index contributed by atoms with van der Waals surface area (Å²) in [5, 5.41) is 6.10. The number of carbonyl (C=O) groups is 1. The van der Waals surface area contributed by atoms with Crippen LogP contribution in [0, 0.1) is 0 Å². The summed E-state index contributed by atoms with van der Waals surface area (Å²) in [6.07, 6.45) is 3.40. The zero-order valence-electron chi connectivity index (χ0n) is 9.87.